The van der Waals surface area contributed by atoms with Gasteiger partial charge < -0.3 is 24.4 Å². The lowest BCUT2D eigenvalue weighted by Gasteiger charge is -2.32. The summed E-state index contributed by atoms with van der Waals surface area (Å²) < 4.78 is 16.1. The SMILES string of the molecule is COc1cc(C(C)NC(=O)N(C)C2CCCCC2)cc(OC)c1OC. The molecule has 0 aliphatic heterocycles. The van der Waals surface area contributed by atoms with E-state index in [9.17, 15) is 4.79 Å². The smallest absolute Gasteiger partial charge is 0.317 e. The molecule has 0 heterocycles. The van der Waals surface area contributed by atoms with E-state index in [1.54, 1.807) is 21.3 Å². The molecule has 0 aromatic heterocycles. The van der Waals surface area contributed by atoms with Crippen LogP contribution in [0.15, 0.2) is 12.1 Å². The van der Waals surface area contributed by atoms with Gasteiger partial charge in [-0.15, -0.1) is 0 Å². The minimum absolute atomic E-state index is 0.0480. The molecule has 1 saturated carbocycles. The van der Waals surface area contributed by atoms with Crippen LogP contribution in [-0.4, -0.2) is 45.3 Å². The zero-order valence-corrected chi connectivity index (χ0v) is 15.9. The van der Waals surface area contributed by atoms with Gasteiger partial charge in [0.1, 0.15) is 0 Å². The monoisotopic (exact) mass is 350 g/mol. The van der Waals surface area contributed by atoms with Crippen molar-refractivity contribution in [2.24, 2.45) is 0 Å². The third-order valence-corrected chi connectivity index (χ3v) is 4.97. The Kier molecular flexibility index (Phi) is 6.79. The van der Waals surface area contributed by atoms with Gasteiger partial charge in [0.15, 0.2) is 11.5 Å². The first kappa shape index (κ1) is 19.2. The van der Waals surface area contributed by atoms with Crippen molar-refractivity contribution in [3.8, 4) is 17.2 Å². The molecule has 6 nitrogen and oxygen atoms in total. The summed E-state index contributed by atoms with van der Waals surface area (Å²) in [4.78, 5) is 14.4. The predicted octanol–water partition coefficient (Wildman–Crippen LogP) is 3.75. The predicted molar refractivity (Wildman–Crippen MR) is 97.7 cm³/mol. The van der Waals surface area contributed by atoms with E-state index in [2.05, 4.69) is 5.32 Å². The van der Waals surface area contributed by atoms with Crippen LogP contribution in [0.1, 0.15) is 50.6 Å². The normalized spacial score (nSPS) is 16.0. The van der Waals surface area contributed by atoms with Gasteiger partial charge >= 0.3 is 6.03 Å². The fourth-order valence-corrected chi connectivity index (χ4v) is 3.36. The zero-order chi connectivity index (χ0) is 18.4. The standard InChI is InChI=1S/C19H30N2O4/c1-13(20-19(22)21(2)15-9-7-6-8-10-15)14-11-16(23-3)18(25-5)17(12-14)24-4/h11-13,15H,6-10H2,1-5H3,(H,20,22). The molecule has 1 fully saturated rings. The van der Waals surface area contributed by atoms with Gasteiger partial charge in [0, 0.05) is 13.1 Å². The molecule has 1 aliphatic carbocycles. The van der Waals surface area contributed by atoms with Crippen LogP contribution in [0, 0.1) is 0 Å². The lowest BCUT2D eigenvalue weighted by atomic mass is 9.95. The van der Waals surface area contributed by atoms with Gasteiger partial charge in [0.05, 0.1) is 27.4 Å². The van der Waals surface area contributed by atoms with E-state index >= 15 is 0 Å². The first-order valence-electron chi connectivity index (χ1n) is 8.85. The molecule has 0 bridgehead atoms. The second kappa shape index (κ2) is 8.83. The Hall–Kier alpha value is -2.11. The number of urea groups is 1. The summed E-state index contributed by atoms with van der Waals surface area (Å²) in [6.45, 7) is 1.95. The van der Waals surface area contributed by atoms with Gasteiger partial charge in [0.25, 0.3) is 0 Å². The molecule has 1 unspecified atom stereocenters. The zero-order valence-electron chi connectivity index (χ0n) is 15.9. The number of methoxy groups -OCH3 is 3. The first-order chi connectivity index (χ1) is 12.0. The molecule has 140 valence electrons. The molecule has 2 rings (SSSR count). The fourth-order valence-electron chi connectivity index (χ4n) is 3.36. The fraction of sp³-hybridized carbons (Fsp3) is 0.632. The van der Waals surface area contributed by atoms with E-state index in [0.717, 1.165) is 18.4 Å². The van der Waals surface area contributed by atoms with Crippen molar-refractivity contribution in [2.45, 2.75) is 51.1 Å². The number of rotatable bonds is 6. The lowest BCUT2D eigenvalue weighted by molar-refractivity contribution is 0.171. The van der Waals surface area contributed by atoms with Gasteiger partial charge in [0.2, 0.25) is 5.75 Å². The molecule has 2 amide bonds. The summed E-state index contributed by atoms with van der Waals surface area (Å²) in [6.07, 6.45) is 5.84. The van der Waals surface area contributed by atoms with E-state index in [4.69, 9.17) is 14.2 Å². The highest BCUT2D eigenvalue weighted by molar-refractivity contribution is 5.75. The van der Waals surface area contributed by atoms with Crippen molar-refractivity contribution >= 4 is 6.03 Å². The molecule has 0 saturated heterocycles. The number of ether oxygens (including phenoxy) is 3. The molecule has 6 heteroatoms. The van der Waals surface area contributed by atoms with E-state index in [1.807, 2.05) is 31.0 Å². The van der Waals surface area contributed by atoms with Crippen molar-refractivity contribution in [2.75, 3.05) is 28.4 Å². The number of nitrogens with zero attached hydrogens (tertiary/aromatic N) is 1. The topological polar surface area (TPSA) is 60.0 Å². The maximum atomic E-state index is 12.6. The maximum Gasteiger partial charge on any atom is 0.317 e. The summed E-state index contributed by atoms with van der Waals surface area (Å²) >= 11 is 0. The Morgan fingerprint density at radius 1 is 1.08 bits per heavy atom. The van der Waals surface area contributed by atoms with Crippen LogP contribution >= 0.6 is 0 Å². The van der Waals surface area contributed by atoms with Gasteiger partial charge in [-0.1, -0.05) is 19.3 Å². The maximum absolute atomic E-state index is 12.6. The molecule has 1 N–H and O–H groups in total. The molecule has 1 atom stereocenters. The van der Waals surface area contributed by atoms with Crippen LogP contribution in [0.2, 0.25) is 0 Å². The molecule has 0 radical (unpaired) electrons. The largest absolute Gasteiger partial charge is 0.493 e. The number of amides is 2. The van der Waals surface area contributed by atoms with Gasteiger partial charge in [-0.2, -0.15) is 0 Å². The van der Waals surface area contributed by atoms with Gasteiger partial charge in [-0.25, -0.2) is 4.79 Å². The third-order valence-electron chi connectivity index (χ3n) is 4.97. The highest BCUT2D eigenvalue weighted by atomic mass is 16.5. The van der Waals surface area contributed by atoms with Crippen LogP contribution < -0.4 is 19.5 Å². The summed E-state index contributed by atoms with van der Waals surface area (Å²) in [5, 5.41) is 3.07. The summed E-state index contributed by atoms with van der Waals surface area (Å²) in [5.41, 5.74) is 0.903. The minimum atomic E-state index is -0.174. The third kappa shape index (κ3) is 4.50. The van der Waals surface area contributed by atoms with E-state index in [-0.39, 0.29) is 12.1 Å². The van der Waals surface area contributed by atoms with Crippen LogP contribution in [-0.2, 0) is 0 Å². The number of hydrogen-bond donors (Lipinski definition) is 1. The number of nitrogens with one attached hydrogen (secondary N) is 1. The van der Waals surface area contributed by atoms with Crippen LogP contribution in [0.4, 0.5) is 4.79 Å². The first-order valence-corrected chi connectivity index (χ1v) is 8.85. The van der Waals surface area contributed by atoms with Crippen LogP contribution in [0.25, 0.3) is 0 Å². The van der Waals surface area contributed by atoms with Crippen molar-refractivity contribution in [1.82, 2.24) is 10.2 Å². The molecular formula is C19H30N2O4. The summed E-state index contributed by atoms with van der Waals surface area (Å²) in [7, 11) is 6.62. The van der Waals surface area contributed by atoms with E-state index < -0.39 is 0 Å². The molecule has 1 aromatic rings. The van der Waals surface area contributed by atoms with E-state index in [0.29, 0.717) is 23.3 Å². The quantitative estimate of drug-likeness (QED) is 0.849. The molecular weight excluding hydrogens is 320 g/mol. The molecule has 25 heavy (non-hydrogen) atoms. The minimum Gasteiger partial charge on any atom is -0.493 e. The number of benzene rings is 1. The Labute approximate surface area is 150 Å². The van der Waals surface area contributed by atoms with Crippen LogP contribution in [0.5, 0.6) is 17.2 Å². The van der Waals surface area contributed by atoms with E-state index in [1.165, 1.54) is 19.3 Å². The number of hydrogen-bond acceptors (Lipinski definition) is 4. The van der Waals surface area contributed by atoms with Crippen LogP contribution in [0.3, 0.4) is 0 Å². The van der Waals surface area contributed by atoms with Crippen molar-refractivity contribution in [1.29, 1.82) is 0 Å². The lowest BCUT2D eigenvalue weighted by Crippen LogP contribution is -2.45. The van der Waals surface area contributed by atoms with Crippen molar-refractivity contribution in [3.63, 3.8) is 0 Å². The summed E-state index contributed by atoms with van der Waals surface area (Å²) in [6, 6.07) is 3.85. The Balaban J connectivity index is 2.11. The van der Waals surface area contributed by atoms with Gasteiger partial charge in [-0.05, 0) is 37.5 Å². The molecule has 1 aromatic carbocycles. The Morgan fingerprint density at radius 3 is 2.12 bits per heavy atom. The average molecular weight is 350 g/mol. The number of carbonyl (C=O) groups is 1. The number of carbonyl (C=O) groups excluding carboxylic acids is 1. The summed E-state index contributed by atoms with van der Waals surface area (Å²) in [5.74, 6) is 1.71. The highest BCUT2D eigenvalue weighted by Crippen LogP contribution is 2.39. The molecule has 1 aliphatic rings. The van der Waals surface area contributed by atoms with Crippen molar-refractivity contribution in [3.05, 3.63) is 17.7 Å². The second-order valence-electron chi connectivity index (χ2n) is 6.53. The second-order valence-corrected chi connectivity index (χ2v) is 6.53. The average Bonchev–Trinajstić information content (AvgIpc) is 2.66. The van der Waals surface area contributed by atoms with Gasteiger partial charge in [-0.3, -0.25) is 0 Å². The Morgan fingerprint density at radius 2 is 1.64 bits per heavy atom. The Bertz CT molecular complexity index is 560. The molecule has 0 spiro atoms. The highest BCUT2D eigenvalue weighted by Gasteiger charge is 2.24. The van der Waals surface area contributed by atoms with Crippen molar-refractivity contribution < 1.29 is 19.0 Å².